The number of aromatic nitrogens is 1. The van der Waals surface area contributed by atoms with Crippen LogP contribution in [0.15, 0.2) is 0 Å². The standard InChI is InChI=1S/C14H25N3S/c1-10(2)7-15-14-16-12-5-6-17(8-11(3)4)9-13(12)18-14/h10-11H,5-9H2,1-4H3,(H,15,16). The molecule has 0 aromatic carbocycles. The summed E-state index contributed by atoms with van der Waals surface area (Å²) >= 11 is 1.84. The third-order valence-electron chi connectivity index (χ3n) is 3.10. The van der Waals surface area contributed by atoms with Gasteiger partial charge in [0.1, 0.15) is 0 Å². The predicted molar refractivity (Wildman–Crippen MR) is 79.3 cm³/mol. The molecule has 2 heterocycles. The number of fused-ring (bicyclic) bond motifs is 1. The van der Waals surface area contributed by atoms with Gasteiger partial charge in [-0.2, -0.15) is 0 Å². The first-order valence-corrected chi connectivity index (χ1v) is 7.81. The number of nitrogens with one attached hydrogen (secondary N) is 1. The van der Waals surface area contributed by atoms with Gasteiger partial charge in [-0.05, 0) is 11.8 Å². The molecule has 4 heteroatoms. The number of rotatable bonds is 5. The van der Waals surface area contributed by atoms with Crippen LogP contribution in [0.3, 0.4) is 0 Å². The molecular weight excluding hydrogens is 242 g/mol. The Labute approximate surface area is 115 Å². The Bertz CT molecular complexity index is 384. The van der Waals surface area contributed by atoms with Gasteiger partial charge in [-0.1, -0.05) is 27.7 Å². The van der Waals surface area contributed by atoms with Gasteiger partial charge in [-0.15, -0.1) is 11.3 Å². The highest BCUT2D eigenvalue weighted by Crippen LogP contribution is 2.28. The van der Waals surface area contributed by atoms with Gasteiger partial charge >= 0.3 is 0 Å². The van der Waals surface area contributed by atoms with Crippen LogP contribution in [0.2, 0.25) is 0 Å². The molecule has 2 rings (SSSR count). The Hall–Kier alpha value is -0.610. The fourth-order valence-corrected chi connectivity index (χ4v) is 3.35. The second kappa shape index (κ2) is 6.02. The van der Waals surface area contributed by atoms with E-state index in [4.69, 9.17) is 4.98 Å². The molecule has 102 valence electrons. The first kappa shape index (κ1) is 13.8. The summed E-state index contributed by atoms with van der Waals surface area (Å²) in [5.41, 5.74) is 1.33. The van der Waals surface area contributed by atoms with Crippen molar-refractivity contribution in [1.82, 2.24) is 9.88 Å². The molecular formula is C14H25N3S. The molecule has 0 atom stereocenters. The van der Waals surface area contributed by atoms with Crippen molar-refractivity contribution in [3.8, 4) is 0 Å². The summed E-state index contributed by atoms with van der Waals surface area (Å²) in [6.45, 7) is 13.5. The first-order valence-electron chi connectivity index (χ1n) is 6.99. The molecule has 0 spiro atoms. The third kappa shape index (κ3) is 3.69. The number of hydrogen-bond donors (Lipinski definition) is 1. The molecule has 0 radical (unpaired) electrons. The Balaban J connectivity index is 1.95. The number of nitrogens with zero attached hydrogens (tertiary/aromatic N) is 2. The van der Waals surface area contributed by atoms with E-state index in [-0.39, 0.29) is 0 Å². The van der Waals surface area contributed by atoms with Crippen LogP contribution in [0.1, 0.15) is 38.3 Å². The van der Waals surface area contributed by atoms with Gasteiger partial charge in [-0.25, -0.2) is 4.98 Å². The quantitative estimate of drug-likeness (QED) is 0.888. The van der Waals surface area contributed by atoms with Crippen molar-refractivity contribution in [3.63, 3.8) is 0 Å². The van der Waals surface area contributed by atoms with Gasteiger partial charge in [0.25, 0.3) is 0 Å². The van der Waals surface area contributed by atoms with Crippen LogP contribution in [0, 0.1) is 11.8 Å². The summed E-state index contributed by atoms with van der Waals surface area (Å²) in [5.74, 6) is 1.42. The van der Waals surface area contributed by atoms with E-state index in [9.17, 15) is 0 Å². The van der Waals surface area contributed by atoms with E-state index in [0.29, 0.717) is 5.92 Å². The molecule has 0 fully saturated rings. The molecule has 0 bridgehead atoms. The van der Waals surface area contributed by atoms with E-state index in [2.05, 4.69) is 37.9 Å². The van der Waals surface area contributed by atoms with Gasteiger partial charge in [0.15, 0.2) is 5.13 Å². The van der Waals surface area contributed by atoms with Crippen molar-refractivity contribution in [2.24, 2.45) is 11.8 Å². The summed E-state index contributed by atoms with van der Waals surface area (Å²) < 4.78 is 0. The normalized spacial score (nSPS) is 16.3. The Morgan fingerprint density at radius 1 is 1.28 bits per heavy atom. The second-order valence-electron chi connectivity index (χ2n) is 6.04. The average molecular weight is 267 g/mol. The first-order chi connectivity index (χ1) is 8.54. The van der Waals surface area contributed by atoms with Gasteiger partial charge < -0.3 is 5.32 Å². The maximum Gasteiger partial charge on any atom is 0.183 e. The fraction of sp³-hybridized carbons (Fsp3) is 0.786. The van der Waals surface area contributed by atoms with Gasteiger partial charge in [0.2, 0.25) is 0 Å². The highest BCUT2D eigenvalue weighted by Gasteiger charge is 2.20. The van der Waals surface area contributed by atoms with Crippen molar-refractivity contribution in [1.29, 1.82) is 0 Å². The molecule has 0 aliphatic carbocycles. The number of hydrogen-bond acceptors (Lipinski definition) is 4. The van der Waals surface area contributed by atoms with Crippen molar-refractivity contribution in [2.45, 2.75) is 40.7 Å². The van der Waals surface area contributed by atoms with Crippen molar-refractivity contribution >= 4 is 16.5 Å². The van der Waals surface area contributed by atoms with Crippen LogP contribution in [0.5, 0.6) is 0 Å². The zero-order valence-corrected chi connectivity index (χ0v) is 12.8. The van der Waals surface area contributed by atoms with Crippen molar-refractivity contribution in [3.05, 3.63) is 10.6 Å². The maximum absolute atomic E-state index is 4.72. The zero-order chi connectivity index (χ0) is 13.1. The highest BCUT2D eigenvalue weighted by molar-refractivity contribution is 7.15. The van der Waals surface area contributed by atoms with E-state index in [0.717, 1.165) is 30.6 Å². The lowest BCUT2D eigenvalue weighted by atomic mass is 10.1. The molecule has 0 unspecified atom stereocenters. The molecule has 3 nitrogen and oxygen atoms in total. The SMILES string of the molecule is CC(C)CNc1nc2c(s1)CN(CC(C)C)CC2. The fourth-order valence-electron chi connectivity index (χ4n) is 2.29. The molecule has 0 saturated carbocycles. The summed E-state index contributed by atoms with van der Waals surface area (Å²) in [4.78, 5) is 8.74. The molecule has 1 N–H and O–H groups in total. The van der Waals surface area contributed by atoms with Gasteiger partial charge in [0.05, 0.1) is 5.69 Å². The smallest absolute Gasteiger partial charge is 0.183 e. The van der Waals surface area contributed by atoms with E-state index in [1.165, 1.54) is 23.7 Å². The molecule has 18 heavy (non-hydrogen) atoms. The van der Waals surface area contributed by atoms with Crippen LogP contribution in [0.25, 0.3) is 0 Å². The lowest BCUT2D eigenvalue weighted by molar-refractivity contribution is 0.228. The minimum absolute atomic E-state index is 0.670. The Morgan fingerprint density at radius 2 is 2.06 bits per heavy atom. The van der Waals surface area contributed by atoms with E-state index in [1.807, 2.05) is 11.3 Å². The van der Waals surface area contributed by atoms with Gasteiger partial charge in [0, 0.05) is 37.5 Å². The van der Waals surface area contributed by atoms with Crippen LogP contribution in [0.4, 0.5) is 5.13 Å². The summed E-state index contributed by atoms with van der Waals surface area (Å²) in [6.07, 6.45) is 1.11. The maximum atomic E-state index is 4.72. The number of anilines is 1. The zero-order valence-electron chi connectivity index (χ0n) is 12.0. The van der Waals surface area contributed by atoms with Crippen LogP contribution in [-0.2, 0) is 13.0 Å². The summed E-state index contributed by atoms with van der Waals surface area (Å²) in [6, 6.07) is 0. The van der Waals surface area contributed by atoms with E-state index in [1.54, 1.807) is 0 Å². The monoisotopic (exact) mass is 267 g/mol. The van der Waals surface area contributed by atoms with Crippen LogP contribution >= 0.6 is 11.3 Å². The molecule has 1 aliphatic rings. The van der Waals surface area contributed by atoms with Crippen molar-refractivity contribution in [2.75, 3.05) is 25.0 Å². The molecule has 1 aromatic rings. The Morgan fingerprint density at radius 3 is 2.72 bits per heavy atom. The lowest BCUT2D eigenvalue weighted by Gasteiger charge is -2.27. The van der Waals surface area contributed by atoms with Crippen molar-refractivity contribution < 1.29 is 0 Å². The minimum Gasteiger partial charge on any atom is -0.361 e. The second-order valence-corrected chi connectivity index (χ2v) is 7.13. The molecule has 0 saturated heterocycles. The molecule has 0 amide bonds. The van der Waals surface area contributed by atoms with Crippen LogP contribution in [-0.4, -0.2) is 29.5 Å². The summed E-state index contributed by atoms with van der Waals surface area (Å²) in [5, 5.41) is 4.56. The van der Waals surface area contributed by atoms with E-state index >= 15 is 0 Å². The van der Waals surface area contributed by atoms with Gasteiger partial charge in [-0.3, -0.25) is 4.90 Å². The summed E-state index contributed by atoms with van der Waals surface area (Å²) in [7, 11) is 0. The topological polar surface area (TPSA) is 28.2 Å². The molecule has 1 aromatic heterocycles. The lowest BCUT2D eigenvalue weighted by Crippen LogP contribution is -2.32. The number of thiazole rings is 1. The minimum atomic E-state index is 0.670. The largest absolute Gasteiger partial charge is 0.361 e. The Kier molecular flexibility index (Phi) is 4.62. The van der Waals surface area contributed by atoms with Crippen LogP contribution < -0.4 is 5.32 Å². The average Bonchev–Trinajstić information content (AvgIpc) is 2.67. The molecule has 1 aliphatic heterocycles. The predicted octanol–water partition coefficient (Wildman–Crippen LogP) is 3.23. The highest BCUT2D eigenvalue weighted by atomic mass is 32.1. The third-order valence-corrected chi connectivity index (χ3v) is 4.14. The van der Waals surface area contributed by atoms with E-state index < -0.39 is 0 Å².